The first kappa shape index (κ1) is 24.5. The summed E-state index contributed by atoms with van der Waals surface area (Å²) in [4.78, 5) is 38.4. The van der Waals surface area contributed by atoms with Crippen LogP contribution in [-0.2, 0) is 9.59 Å². The molecule has 1 aliphatic rings. The van der Waals surface area contributed by atoms with Gasteiger partial charge in [0.15, 0.2) is 11.5 Å². The van der Waals surface area contributed by atoms with Crippen molar-refractivity contribution < 1.29 is 28.2 Å². The molecule has 7 nitrogen and oxygen atoms in total. The lowest BCUT2D eigenvalue weighted by Gasteiger charge is -2.14. The molecular weight excluding hydrogens is 515 g/mol. The van der Waals surface area contributed by atoms with Gasteiger partial charge in [0.05, 0.1) is 16.0 Å². The average Bonchev–Trinajstić information content (AvgIpc) is 3.02. The fourth-order valence-electron chi connectivity index (χ4n) is 2.88. The number of halogens is 2. The van der Waals surface area contributed by atoms with Gasteiger partial charge in [0.2, 0.25) is 5.91 Å². The fraction of sp³-hybridized carbons (Fsp3) is 0.174. The Balaban J connectivity index is 1.76. The van der Waals surface area contributed by atoms with E-state index in [1.165, 1.54) is 24.3 Å². The van der Waals surface area contributed by atoms with E-state index in [4.69, 9.17) is 9.47 Å². The van der Waals surface area contributed by atoms with Crippen molar-refractivity contribution in [3.8, 4) is 11.5 Å². The van der Waals surface area contributed by atoms with E-state index >= 15 is 0 Å². The van der Waals surface area contributed by atoms with Crippen LogP contribution in [0.1, 0.15) is 12.5 Å². The largest absolute Gasteiger partial charge is 0.490 e. The van der Waals surface area contributed by atoms with Crippen LogP contribution in [0.4, 0.5) is 14.9 Å². The Morgan fingerprint density at radius 1 is 1.24 bits per heavy atom. The van der Waals surface area contributed by atoms with E-state index < -0.39 is 29.4 Å². The van der Waals surface area contributed by atoms with Gasteiger partial charge in [-0.3, -0.25) is 19.3 Å². The fourth-order valence-corrected chi connectivity index (χ4v) is 4.29. The molecule has 0 saturated carbocycles. The summed E-state index contributed by atoms with van der Waals surface area (Å²) in [6.07, 6.45) is 3.16. The van der Waals surface area contributed by atoms with Gasteiger partial charge in [-0.25, -0.2) is 4.39 Å². The molecule has 1 saturated heterocycles. The molecule has 0 atom stereocenters. The Kier molecular flexibility index (Phi) is 8.29. The number of anilines is 1. The highest BCUT2D eigenvalue weighted by atomic mass is 79.9. The number of benzene rings is 2. The van der Waals surface area contributed by atoms with E-state index in [1.807, 2.05) is 6.92 Å². The minimum Gasteiger partial charge on any atom is -0.490 e. The zero-order chi connectivity index (χ0) is 24.0. The normalized spacial score (nSPS) is 14.5. The third-order valence-corrected chi connectivity index (χ3v) is 5.77. The predicted molar refractivity (Wildman–Crippen MR) is 129 cm³/mol. The van der Waals surface area contributed by atoms with Gasteiger partial charge in [-0.2, -0.15) is 0 Å². The van der Waals surface area contributed by atoms with Gasteiger partial charge < -0.3 is 14.8 Å². The number of imide groups is 1. The Hall–Kier alpha value is -3.11. The van der Waals surface area contributed by atoms with Crippen LogP contribution in [0.15, 0.2) is 58.4 Å². The van der Waals surface area contributed by atoms with Gasteiger partial charge in [-0.1, -0.05) is 12.7 Å². The van der Waals surface area contributed by atoms with Crippen LogP contribution in [0.5, 0.6) is 11.5 Å². The lowest BCUT2D eigenvalue weighted by Crippen LogP contribution is -2.36. The van der Waals surface area contributed by atoms with Crippen molar-refractivity contribution in [2.24, 2.45) is 0 Å². The minimum atomic E-state index is -0.583. The van der Waals surface area contributed by atoms with Crippen LogP contribution in [-0.4, -0.2) is 41.7 Å². The molecule has 10 heteroatoms. The molecule has 2 aromatic carbocycles. The molecule has 0 bridgehead atoms. The SMILES string of the molecule is C=CCOc1c(Br)cc(/C=C2\SC(=O)N(CC(=O)Nc3ccc(F)cc3)C2=O)cc1OCC. The summed E-state index contributed by atoms with van der Waals surface area (Å²) in [5.41, 5.74) is 0.966. The zero-order valence-corrected chi connectivity index (χ0v) is 20.0. The summed E-state index contributed by atoms with van der Waals surface area (Å²) in [6, 6.07) is 8.59. The average molecular weight is 535 g/mol. The van der Waals surface area contributed by atoms with E-state index in [0.717, 1.165) is 16.7 Å². The second-order valence-corrected chi connectivity index (χ2v) is 8.53. The number of nitrogens with one attached hydrogen (secondary N) is 1. The Morgan fingerprint density at radius 3 is 2.64 bits per heavy atom. The molecule has 172 valence electrons. The van der Waals surface area contributed by atoms with Gasteiger partial charge in [0.25, 0.3) is 11.1 Å². The monoisotopic (exact) mass is 534 g/mol. The third kappa shape index (κ3) is 6.23. The number of ether oxygens (including phenoxy) is 2. The zero-order valence-electron chi connectivity index (χ0n) is 17.6. The van der Waals surface area contributed by atoms with Gasteiger partial charge in [0, 0.05) is 5.69 Å². The summed E-state index contributed by atoms with van der Waals surface area (Å²) >= 11 is 4.18. The van der Waals surface area contributed by atoms with E-state index in [0.29, 0.717) is 33.8 Å². The van der Waals surface area contributed by atoms with Crippen LogP contribution >= 0.6 is 27.7 Å². The van der Waals surface area contributed by atoms with Crippen molar-refractivity contribution in [3.05, 3.63) is 69.8 Å². The molecule has 0 aromatic heterocycles. The summed E-state index contributed by atoms with van der Waals surface area (Å²) in [7, 11) is 0. The predicted octanol–water partition coefficient (Wildman–Crippen LogP) is 5.23. The number of carbonyl (C=O) groups excluding carboxylic acids is 3. The summed E-state index contributed by atoms with van der Waals surface area (Å²) in [5, 5.41) is 1.97. The summed E-state index contributed by atoms with van der Waals surface area (Å²) in [5.74, 6) is -0.628. The molecule has 1 aliphatic heterocycles. The maximum Gasteiger partial charge on any atom is 0.294 e. The van der Waals surface area contributed by atoms with Gasteiger partial charge in [-0.15, -0.1) is 0 Å². The van der Waals surface area contributed by atoms with Crippen molar-refractivity contribution in [1.82, 2.24) is 4.90 Å². The number of carbonyl (C=O) groups is 3. The minimum absolute atomic E-state index is 0.170. The van der Waals surface area contributed by atoms with Crippen LogP contribution < -0.4 is 14.8 Å². The molecule has 0 radical (unpaired) electrons. The molecule has 3 amide bonds. The summed E-state index contributed by atoms with van der Waals surface area (Å²) < 4.78 is 24.9. The molecule has 2 aromatic rings. The highest BCUT2D eigenvalue weighted by Crippen LogP contribution is 2.39. The Labute approximate surface area is 202 Å². The lowest BCUT2D eigenvalue weighted by atomic mass is 10.2. The Morgan fingerprint density at radius 2 is 1.97 bits per heavy atom. The topological polar surface area (TPSA) is 84.9 Å². The number of thioether (sulfide) groups is 1. The first-order valence-corrected chi connectivity index (χ1v) is 11.4. The molecule has 0 aliphatic carbocycles. The molecule has 0 unspecified atom stereocenters. The molecule has 0 spiro atoms. The lowest BCUT2D eigenvalue weighted by molar-refractivity contribution is -0.127. The van der Waals surface area contributed by atoms with Gasteiger partial charge in [-0.05, 0) is 82.7 Å². The van der Waals surface area contributed by atoms with Gasteiger partial charge >= 0.3 is 0 Å². The van der Waals surface area contributed by atoms with Crippen molar-refractivity contribution in [3.63, 3.8) is 0 Å². The van der Waals surface area contributed by atoms with E-state index in [1.54, 1.807) is 24.3 Å². The maximum absolute atomic E-state index is 13.0. The molecule has 1 heterocycles. The highest BCUT2D eigenvalue weighted by molar-refractivity contribution is 9.10. The van der Waals surface area contributed by atoms with Crippen LogP contribution in [0.25, 0.3) is 6.08 Å². The smallest absolute Gasteiger partial charge is 0.294 e. The number of nitrogens with zero attached hydrogens (tertiary/aromatic N) is 1. The first-order chi connectivity index (χ1) is 15.8. The second kappa shape index (κ2) is 11.2. The maximum atomic E-state index is 13.0. The van der Waals surface area contributed by atoms with Crippen LogP contribution in [0, 0.1) is 5.82 Å². The van der Waals surface area contributed by atoms with Crippen molar-refractivity contribution in [1.29, 1.82) is 0 Å². The van der Waals surface area contributed by atoms with E-state index in [-0.39, 0.29) is 11.5 Å². The Bertz CT molecular complexity index is 1120. The first-order valence-electron chi connectivity index (χ1n) is 9.83. The van der Waals surface area contributed by atoms with Crippen LogP contribution in [0.2, 0.25) is 0 Å². The number of amides is 3. The molecular formula is C23H20BrFN2O5S. The standard InChI is InChI=1S/C23H20BrFN2O5S/c1-3-9-32-21-17(24)10-14(11-18(21)31-4-2)12-19-22(29)27(23(30)33-19)13-20(28)26-16-7-5-15(25)6-8-16/h3,5-8,10-12H,1,4,9,13H2,2H3,(H,26,28)/b19-12-. The number of hydrogen-bond donors (Lipinski definition) is 1. The number of hydrogen-bond acceptors (Lipinski definition) is 6. The van der Waals surface area contributed by atoms with E-state index in [9.17, 15) is 18.8 Å². The molecule has 1 N–H and O–H groups in total. The quantitative estimate of drug-likeness (QED) is 0.350. The molecule has 3 rings (SSSR count). The van der Waals surface area contributed by atoms with E-state index in [2.05, 4.69) is 27.8 Å². The summed E-state index contributed by atoms with van der Waals surface area (Å²) in [6.45, 7) is 5.69. The van der Waals surface area contributed by atoms with Gasteiger partial charge in [0.1, 0.15) is 19.0 Å². The highest BCUT2D eigenvalue weighted by Gasteiger charge is 2.36. The van der Waals surface area contributed by atoms with Crippen LogP contribution in [0.3, 0.4) is 0 Å². The third-order valence-electron chi connectivity index (χ3n) is 4.28. The number of rotatable bonds is 9. The molecule has 33 heavy (non-hydrogen) atoms. The second-order valence-electron chi connectivity index (χ2n) is 6.69. The van der Waals surface area contributed by atoms with Crippen molar-refractivity contribution in [2.45, 2.75) is 6.92 Å². The van der Waals surface area contributed by atoms with Crippen molar-refractivity contribution in [2.75, 3.05) is 25.1 Å². The van der Waals surface area contributed by atoms with Crippen molar-refractivity contribution >= 4 is 56.5 Å². The molecule has 1 fully saturated rings.